The van der Waals surface area contributed by atoms with E-state index in [0.29, 0.717) is 13.0 Å². The number of carbonyl (C=O) groups excluding carboxylic acids is 2. The Balaban J connectivity index is 2.90. The molecule has 0 aromatic carbocycles. The van der Waals surface area contributed by atoms with Gasteiger partial charge in [-0.05, 0) is 52.0 Å². The molecule has 0 spiro atoms. The molecule has 5 nitrogen and oxygen atoms in total. The third kappa shape index (κ3) is 5.70. The van der Waals surface area contributed by atoms with Gasteiger partial charge in [-0.1, -0.05) is 19.9 Å². The maximum atomic E-state index is 12.4. The van der Waals surface area contributed by atoms with Crippen LogP contribution in [-0.2, 0) is 9.53 Å². The Morgan fingerprint density at radius 2 is 2.17 bits per heavy atom. The SMILES string of the molecule is CCCN(C(=O)OC(C)(C)C)C(C#N)CC1C(=O)C=CCC1C. The maximum absolute atomic E-state index is 12.4. The Morgan fingerprint density at radius 1 is 1.52 bits per heavy atom. The molecule has 0 saturated heterocycles. The molecule has 0 heterocycles. The smallest absolute Gasteiger partial charge is 0.411 e. The number of rotatable bonds is 5. The summed E-state index contributed by atoms with van der Waals surface area (Å²) in [6.45, 7) is 9.80. The molecule has 0 radical (unpaired) electrons. The zero-order valence-electron chi connectivity index (χ0n) is 14.8. The van der Waals surface area contributed by atoms with Crippen LogP contribution in [0.25, 0.3) is 0 Å². The van der Waals surface area contributed by atoms with E-state index in [9.17, 15) is 14.9 Å². The van der Waals surface area contributed by atoms with Crippen LogP contribution >= 0.6 is 0 Å². The van der Waals surface area contributed by atoms with E-state index in [1.807, 2.05) is 19.9 Å². The second kappa shape index (κ2) is 8.14. The zero-order chi connectivity index (χ0) is 17.6. The van der Waals surface area contributed by atoms with Crippen LogP contribution < -0.4 is 0 Å². The molecule has 0 aliphatic heterocycles. The van der Waals surface area contributed by atoms with Crippen LogP contribution in [0, 0.1) is 23.2 Å². The van der Waals surface area contributed by atoms with Crippen molar-refractivity contribution in [1.82, 2.24) is 4.90 Å². The summed E-state index contributed by atoms with van der Waals surface area (Å²) in [7, 11) is 0. The van der Waals surface area contributed by atoms with Gasteiger partial charge in [-0.3, -0.25) is 9.69 Å². The lowest BCUT2D eigenvalue weighted by molar-refractivity contribution is -0.120. The van der Waals surface area contributed by atoms with E-state index in [0.717, 1.165) is 12.8 Å². The minimum absolute atomic E-state index is 0.0460. The van der Waals surface area contributed by atoms with Crippen LogP contribution in [0.3, 0.4) is 0 Å². The van der Waals surface area contributed by atoms with Crippen molar-refractivity contribution < 1.29 is 14.3 Å². The summed E-state index contributed by atoms with van der Waals surface area (Å²) in [5.41, 5.74) is -0.611. The number of ketones is 1. The molecule has 0 fully saturated rings. The fraction of sp³-hybridized carbons (Fsp3) is 0.722. The molecule has 5 heteroatoms. The molecular formula is C18H28N2O3. The Kier molecular flexibility index (Phi) is 6.80. The number of hydrogen-bond donors (Lipinski definition) is 0. The van der Waals surface area contributed by atoms with Crippen molar-refractivity contribution in [2.75, 3.05) is 6.54 Å². The Labute approximate surface area is 139 Å². The first-order chi connectivity index (χ1) is 10.7. The molecule has 0 aromatic heterocycles. The van der Waals surface area contributed by atoms with Crippen LogP contribution in [0.4, 0.5) is 4.79 Å². The first-order valence-electron chi connectivity index (χ1n) is 8.29. The Hall–Kier alpha value is -1.83. The summed E-state index contributed by atoms with van der Waals surface area (Å²) in [6.07, 6.45) is 4.90. The number of carbonyl (C=O) groups is 2. The maximum Gasteiger partial charge on any atom is 0.411 e. The number of hydrogen-bond acceptors (Lipinski definition) is 4. The number of ether oxygens (including phenoxy) is 1. The molecule has 1 rings (SSSR count). The molecule has 0 saturated carbocycles. The third-order valence-electron chi connectivity index (χ3n) is 3.94. The molecule has 3 unspecified atom stereocenters. The van der Waals surface area contributed by atoms with Crippen molar-refractivity contribution >= 4 is 11.9 Å². The van der Waals surface area contributed by atoms with Gasteiger partial charge < -0.3 is 4.74 Å². The summed E-state index contributed by atoms with van der Waals surface area (Å²) in [5, 5.41) is 9.54. The summed E-state index contributed by atoms with van der Waals surface area (Å²) in [6, 6.07) is 1.55. The molecule has 0 N–H and O–H groups in total. The van der Waals surface area contributed by atoms with Gasteiger partial charge in [-0.15, -0.1) is 0 Å². The zero-order valence-corrected chi connectivity index (χ0v) is 14.8. The van der Waals surface area contributed by atoms with Gasteiger partial charge in [0.25, 0.3) is 0 Å². The van der Waals surface area contributed by atoms with Crippen molar-refractivity contribution in [2.24, 2.45) is 11.8 Å². The summed E-state index contributed by atoms with van der Waals surface area (Å²) < 4.78 is 5.42. The summed E-state index contributed by atoms with van der Waals surface area (Å²) in [4.78, 5) is 26.0. The van der Waals surface area contributed by atoms with Gasteiger partial charge in [0.2, 0.25) is 0 Å². The summed E-state index contributed by atoms with van der Waals surface area (Å²) in [5.74, 6) is 0.0153. The minimum atomic E-state index is -0.646. The average molecular weight is 320 g/mol. The van der Waals surface area contributed by atoms with Crippen molar-refractivity contribution in [3.63, 3.8) is 0 Å². The average Bonchev–Trinajstić information content (AvgIpc) is 2.43. The predicted octanol–water partition coefficient (Wildman–Crippen LogP) is 3.70. The first kappa shape index (κ1) is 19.2. The van der Waals surface area contributed by atoms with Crippen molar-refractivity contribution in [1.29, 1.82) is 5.26 Å². The van der Waals surface area contributed by atoms with E-state index in [4.69, 9.17) is 4.74 Å². The van der Waals surface area contributed by atoms with Gasteiger partial charge in [0.05, 0.1) is 6.07 Å². The van der Waals surface area contributed by atoms with E-state index < -0.39 is 17.7 Å². The molecule has 128 valence electrons. The van der Waals surface area contributed by atoms with Crippen LogP contribution in [0.15, 0.2) is 12.2 Å². The van der Waals surface area contributed by atoms with Gasteiger partial charge in [0.15, 0.2) is 5.78 Å². The first-order valence-corrected chi connectivity index (χ1v) is 8.29. The van der Waals surface area contributed by atoms with Gasteiger partial charge in [-0.25, -0.2) is 4.79 Å². The quantitative estimate of drug-likeness (QED) is 0.774. The second-order valence-corrected chi connectivity index (χ2v) is 7.18. The molecule has 1 aliphatic rings. The lowest BCUT2D eigenvalue weighted by atomic mass is 9.79. The van der Waals surface area contributed by atoms with E-state index >= 15 is 0 Å². The van der Waals surface area contributed by atoms with Gasteiger partial charge in [-0.2, -0.15) is 5.26 Å². The molecule has 1 amide bonds. The van der Waals surface area contributed by atoms with Gasteiger partial charge in [0.1, 0.15) is 11.6 Å². The van der Waals surface area contributed by atoms with E-state index in [1.165, 1.54) is 4.90 Å². The minimum Gasteiger partial charge on any atom is -0.444 e. The van der Waals surface area contributed by atoms with Crippen molar-refractivity contribution in [2.45, 2.75) is 65.5 Å². The number of allylic oxidation sites excluding steroid dienone is 2. The van der Waals surface area contributed by atoms with Crippen LogP contribution in [-0.4, -0.2) is 35.0 Å². The lowest BCUT2D eigenvalue weighted by Gasteiger charge is -2.33. The highest BCUT2D eigenvalue weighted by atomic mass is 16.6. The highest BCUT2D eigenvalue weighted by Crippen LogP contribution is 2.28. The van der Waals surface area contributed by atoms with Crippen LogP contribution in [0.1, 0.15) is 53.9 Å². The molecular weight excluding hydrogens is 292 g/mol. The standard InChI is InChI=1S/C18H28N2O3/c1-6-10-20(17(22)23-18(3,4)5)14(12-19)11-15-13(2)8-7-9-16(15)21/h7,9,13-15H,6,8,10-11H2,1-5H3. The normalized spacial score (nSPS) is 22.3. The monoisotopic (exact) mass is 320 g/mol. The molecule has 23 heavy (non-hydrogen) atoms. The molecule has 0 aromatic rings. The van der Waals surface area contributed by atoms with Gasteiger partial charge in [0, 0.05) is 12.5 Å². The van der Waals surface area contributed by atoms with Crippen LogP contribution in [0.2, 0.25) is 0 Å². The van der Waals surface area contributed by atoms with E-state index in [-0.39, 0.29) is 17.6 Å². The highest BCUT2D eigenvalue weighted by Gasteiger charge is 2.34. The van der Waals surface area contributed by atoms with Crippen molar-refractivity contribution in [3.8, 4) is 6.07 Å². The summed E-state index contributed by atoms with van der Waals surface area (Å²) >= 11 is 0. The fourth-order valence-corrected chi connectivity index (χ4v) is 2.74. The van der Waals surface area contributed by atoms with E-state index in [1.54, 1.807) is 26.8 Å². The third-order valence-corrected chi connectivity index (χ3v) is 3.94. The lowest BCUT2D eigenvalue weighted by Crippen LogP contribution is -2.45. The van der Waals surface area contributed by atoms with Crippen LogP contribution in [0.5, 0.6) is 0 Å². The van der Waals surface area contributed by atoms with Crippen molar-refractivity contribution in [3.05, 3.63) is 12.2 Å². The highest BCUT2D eigenvalue weighted by molar-refractivity contribution is 5.92. The second-order valence-electron chi connectivity index (χ2n) is 7.18. The molecule has 0 bridgehead atoms. The topological polar surface area (TPSA) is 70.4 Å². The molecule has 3 atom stereocenters. The number of amides is 1. The largest absolute Gasteiger partial charge is 0.444 e. The van der Waals surface area contributed by atoms with E-state index in [2.05, 4.69) is 6.07 Å². The number of nitriles is 1. The predicted molar refractivity (Wildman–Crippen MR) is 88.7 cm³/mol. The fourth-order valence-electron chi connectivity index (χ4n) is 2.74. The Morgan fingerprint density at radius 3 is 2.65 bits per heavy atom. The Bertz CT molecular complexity index is 499. The number of nitrogens with zero attached hydrogens (tertiary/aromatic N) is 2. The van der Waals surface area contributed by atoms with Gasteiger partial charge >= 0.3 is 6.09 Å². The molecule has 1 aliphatic carbocycles.